The number of carboxylic acid groups (broad SMARTS) is 1. The molecule has 0 aromatic heterocycles. The van der Waals surface area contributed by atoms with E-state index in [-0.39, 0.29) is 24.5 Å². The lowest BCUT2D eigenvalue weighted by Crippen LogP contribution is -2.58. The molecule has 1 unspecified atom stereocenters. The fraction of sp³-hybridized carbons (Fsp3) is 0.900. The summed E-state index contributed by atoms with van der Waals surface area (Å²) in [5.74, 6) is -1.03. The number of ether oxygens (including phenoxy) is 1. The Hall–Kier alpha value is -0.660. The van der Waals surface area contributed by atoms with E-state index in [0.717, 1.165) is 0 Å². The van der Waals surface area contributed by atoms with Crippen molar-refractivity contribution < 1.29 is 23.1 Å². The van der Waals surface area contributed by atoms with Crippen molar-refractivity contribution in [2.45, 2.75) is 25.3 Å². The van der Waals surface area contributed by atoms with Crippen LogP contribution in [-0.4, -0.2) is 54.8 Å². The standard InChI is InChI=1S/C10H17NO5S/c1-8-6-11(17(14,15)7-8)10(9(12)13)2-4-16-5-3-10/h8H,2-7H2,1H3,(H,12,13). The number of sulfonamides is 1. The van der Waals surface area contributed by atoms with Gasteiger partial charge in [-0.3, -0.25) is 4.79 Å². The lowest BCUT2D eigenvalue weighted by molar-refractivity contribution is -0.154. The van der Waals surface area contributed by atoms with E-state index < -0.39 is 21.5 Å². The minimum Gasteiger partial charge on any atom is -0.480 e. The van der Waals surface area contributed by atoms with Crippen molar-refractivity contribution >= 4 is 16.0 Å². The van der Waals surface area contributed by atoms with Gasteiger partial charge in [0.25, 0.3) is 0 Å². The van der Waals surface area contributed by atoms with Gasteiger partial charge in [0.05, 0.1) is 5.75 Å². The number of hydrogen-bond acceptors (Lipinski definition) is 4. The maximum absolute atomic E-state index is 12.0. The van der Waals surface area contributed by atoms with Crippen molar-refractivity contribution in [1.29, 1.82) is 0 Å². The van der Waals surface area contributed by atoms with Crippen molar-refractivity contribution in [3.8, 4) is 0 Å². The molecule has 0 amide bonds. The summed E-state index contributed by atoms with van der Waals surface area (Å²) in [6.07, 6.45) is 0.461. The zero-order valence-corrected chi connectivity index (χ0v) is 10.6. The summed E-state index contributed by atoms with van der Waals surface area (Å²) in [6.45, 7) is 2.72. The zero-order valence-electron chi connectivity index (χ0n) is 9.76. The van der Waals surface area contributed by atoms with E-state index in [1.165, 1.54) is 4.31 Å². The maximum Gasteiger partial charge on any atom is 0.325 e. The molecule has 2 aliphatic rings. The topological polar surface area (TPSA) is 83.9 Å². The fourth-order valence-electron chi connectivity index (χ4n) is 2.62. The molecule has 0 saturated carbocycles. The Labute approximate surface area is 101 Å². The van der Waals surface area contributed by atoms with E-state index in [2.05, 4.69) is 0 Å². The van der Waals surface area contributed by atoms with Gasteiger partial charge >= 0.3 is 5.97 Å². The van der Waals surface area contributed by atoms with Crippen LogP contribution in [0.4, 0.5) is 0 Å². The van der Waals surface area contributed by atoms with Crippen molar-refractivity contribution in [2.24, 2.45) is 5.92 Å². The predicted molar refractivity (Wildman–Crippen MR) is 60.1 cm³/mol. The lowest BCUT2D eigenvalue weighted by atomic mass is 9.89. The number of hydrogen-bond donors (Lipinski definition) is 1. The molecule has 0 bridgehead atoms. The Morgan fingerprint density at radius 2 is 2.00 bits per heavy atom. The first-order valence-electron chi connectivity index (χ1n) is 5.70. The van der Waals surface area contributed by atoms with Crippen LogP contribution in [0.5, 0.6) is 0 Å². The van der Waals surface area contributed by atoms with E-state index in [9.17, 15) is 18.3 Å². The molecule has 0 spiro atoms. The highest BCUT2D eigenvalue weighted by atomic mass is 32.2. The molecule has 0 aliphatic carbocycles. The first-order valence-corrected chi connectivity index (χ1v) is 7.31. The van der Waals surface area contributed by atoms with Crippen molar-refractivity contribution in [3.05, 3.63) is 0 Å². The van der Waals surface area contributed by atoms with Crippen LogP contribution in [0, 0.1) is 5.92 Å². The molecule has 0 aromatic rings. The van der Waals surface area contributed by atoms with Crippen LogP contribution in [0.25, 0.3) is 0 Å². The summed E-state index contributed by atoms with van der Waals surface area (Å²) in [7, 11) is -3.44. The Bertz CT molecular complexity index is 412. The Morgan fingerprint density at radius 3 is 2.41 bits per heavy atom. The average Bonchev–Trinajstić information content (AvgIpc) is 2.53. The second kappa shape index (κ2) is 4.22. The molecule has 0 radical (unpaired) electrons. The molecule has 17 heavy (non-hydrogen) atoms. The molecule has 7 heteroatoms. The van der Waals surface area contributed by atoms with E-state index in [1.54, 1.807) is 0 Å². The smallest absolute Gasteiger partial charge is 0.325 e. The van der Waals surface area contributed by atoms with E-state index in [0.29, 0.717) is 19.8 Å². The molecular weight excluding hydrogens is 246 g/mol. The second-order valence-corrected chi connectivity index (χ2v) is 6.80. The van der Waals surface area contributed by atoms with Crippen LogP contribution in [0.1, 0.15) is 19.8 Å². The summed E-state index contributed by atoms with van der Waals surface area (Å²) < 4.78 is 30.3. The summed E-state index contributed by atoms with van der Waals surface area (Å²) in [5.41, 5.74) is -1.29. The fourth-order valence-corrected chi connectivity index (χ4v) is 4.90. The predicted octanol–water partition coefficient (Wildman–Crippen LogP) is -0.0983. The van der Waals surface area contributed by atoms with E-state index >= 15 is 0 Å². The largest absolute Gasteiger partial charge is 0.480 e. The molecule has 2 heterocycles. The molecule has 2 fully saturated rings. The minimum atomic E-state index is -3.44. The van der Waals surface area contributed by atoms with E-state index in [1.807, 2.05) is 6.92 Å². The molecular formula is C10H17NO5S. The van der Waals surface area contributed by atoms with Crippen LogP contribution < -0.4 is 0 Å². The highest BCUT2D eigenvalue weighted by Gasteiger charge is 2.53. The molecule has 0 aromatic carbocycles. The van der Waals surface area contributed by atoms with Crippen LogP contribution >= 0.6 is 0 Å². The van der Waals surface area contributed by atoms with Crippen molar-refractivity contribution in [3.63, 3.8) is 0 Å². The normalized spacial score (nSPS) is 32.4. The highest BCUT2D eigenvalue weighted by molar-refractivity contribution is 7.89. The van der Waals surface area contributed by atoms with Crippen LogP contribution in [-0.2, 0) is 19.6 Å². The SMILES string of the molecule is CC1CN(C2(C(=O)O)CCOCC2)S(=O)(=O)C1. The van der Waals surface area contributed by atoms with Crippen molar-refractivity contribution in [1.82, 2.24) is 4.31 Å². The summed E-state index contributed by atoms with van der Waals surface area (Å²) in [5, 5.41) is 9.41. The monoisotopic (exact) mass is 263 g/mol. The Morgan fingerprint density at radius 1 is 1.41 bits per heavy atom. The van der Waals surface area contributed by atoms with Gasteiger partial charge in [0.2, 0.25) is 10.0 Å². The van der Waals surface area contributed by atoms with Gasteiger partial charge in [0, 0.05) is 32.6 Å². The quantitative estimate of drug-likeness (QED) is 0.752. The van der Waals surface area contributed by atoms with Crippen LogP contribution in [0.2, 0.25) is 0 Å². The number of nitrogens with zero attached hydrogens (tertiary/aromatic N) is 1. The molecule has 2 rings (SSSR count). The maximum atomic E-state index is 12.0. The highest BCUT2D eigenvalue weighted by Crippen LogP contribution is 2.35. The lowest BCUT2D eigenvalue weighted by Gasteiger charge is -2.39. The Balaban J connectivity index is 2.37. The third-order valence-electron chi connectivity index (χ3n) is 3.50. The molecule has 2 saturated heterocycles. The third kappa shape index (κ3) is 2.07. The molecule has 98 valence electrons. The van der Waals surface area contributed by atoms with Gasteiger partial charge in [0.15, 0.2) is 0 Å². The van der Waals surface area contributed by atoms with E-state index in [4.69, 9.17) is 4.74 Å². The number of carboxylic acids is 1. The Kier molecular flexibility index (Phi) is 3.17. The average molecular weight is 263 g/mol. The number of rotatable bonds is 2. The van der Waals surface area contributed by atoms with Gasteiger partial charge in [0.1, 0.15) is 5.54 Å². The molecule has 6 nitrogen and oxygen atoms in total. The number of aliphatic carboxylic acids is 1. The first kappa shape index (κ1) is 12.8. The van der Waals surface area contributed by atoms with Gasteiger partial charge < -0.3 is 9.84 Å². The third-order valence-corrected chi connectivity index (χ3v) is 5.66. The van der Waals surface area contributed by atoms with Gasteiger partial charge in [-0.1, -0.05) is 6.92 Å². The van der Waals surface area contributed by atoms with Gasteiger partial charge in [-0.15, -0.1) is 0 Å². The molecule has 1 N–H and O–H groups in total. The number of carbonyl (C=O) groups is 1. The van der Waals surface area contributed by atoms with Crippen LogP contribution in [0.3, 0.4) is 0 Å². The minimum absolute atomic E-state index is 0.0148. The van der Waals surface area contributed by atoms with Gasteiger partial charge in [-0.25, -0.2) is 8.42 Å². The molecule has 1 atom stereocenters. The van der Waals surface area contributed by atoms with Crippen LogP contribution in [0.15, 0.2) is 0 Å². The van der Waals surface area contributed by atoms with Crippen molar-refractivity contribution in [2.75, 3.05) is 25.5 Å². The molecule has 2 aliphatic heterocycles. The summed E-state index contributed by atoms with van der Waals surface area (Å²) in [4.78, 5) is 11.5. The summed E-state index contributed by atoms with van der Waals surface area (Å²) in [6, 6.07) is 0. The first-order chi connectivity index (χ1) is 7.88. The summed E-state index contributed by atoms with van der Waals surface area (Å²) >= 11 is 0. The van der Waals surface area contributed by atoms with Gasteiger partial charge in [-0.05, 0) is 5.92 Å². The second-order valence-electron chi connectivity index (χ2n) is 4.86. The van der Waals surface area contributed by atoms with Gasteiger partial charge in [-0.2, -0.15) is 4.31 Å². The zero-order chi connectivity index (χ0) is 12.7.